The molecule has 0 spiro atoms. The molecule has 170 valence electrons. The maximum absolute atomic E-state index is 13.1. The first-order chi connectivity index (χ1) is 16.4. The summed E-state index contributed by atoms with van der Waals surface area (Å²) in [5.41, 5.74) is 4.78. The van der Waals surface area contributed by atoms with Gasteiger partial charge < -0.3 is 14.5 Å². The SMILES string of the molecule is COc1c(C(=O)Nc2ccc(-c3nc4cc(C(C)C)ccc4o3)cc2)cc2ccccc2c1Br. The molecule has 0 saturated heterocycles. The van der Waals surface area contributed by atoms with Crippen LogP contribution in [0.3, 0.4) is 0 Å². The number of benzene rings is 4. The second kappa shape index (κ2) is 8.95. The average Bonchev–Trinajstić information content (AvgIpc) is 3.28. The van der Waals surface area contributed by atoms with E-state index in [1.165, 1.54) is 5.56 Å². The number of fused-ring (bicyclic) bond motifs is 2. The van der Waals surface area contributed by atoms with Crippen LogP contribution in [0.15, 0.2) is 81.7 Å². The summed E-state index contributed by atoms with van der Waals surface area (Å²) < 4.78 is 12.2. The molecule has 0 radical (unpaired) electrons. The molecule has 5 rings (SSSR count). The van der Waals surface area contributed by atoms with Crippen molar-refractivity contribution in [2.24, 2.45) is 0 Å². The molecule has 6 heteroatoms. The summed E-state index contributed by atoms with van der Waals surface area (Å²) in [6, 6.07) is 23.2. The highest BCUT2D eigenvalue weighted by atomic mass is 79.9. The summed E-state index contributed by atoms with van der Waals surface area (Å²) in [6.07, 6.45) is 0. The van der Waals surface area contributed by atoms with E-state index in [0.29, 0.717) is 28.8 Å². The number of nitrogens with one attached hydrogen (secondary N) is 1. The molecule has 0 fully saturated rings. The Balaban J connectivity index is 1.40. The van der Waals surface area contributed by atoms with Gasteiger partial charge in [-0.1, -0.05) is 44.2 Å². The van der Waals surface area contributed by atoms with E-state index in [1.807, 2.05) is 60.7 Å². The zero-order valence-electron chi connectivity index (χ0n) is 19.1. The number of rotatable bonds is 5. The van der Waals surface area contributed by atoms with Crippen LogP contribution < -0.4 is 10.1 Å². The van der Waals surface area contributed by atoms with E-state index in [1.54, 1.807) is 7.11 Å². The third kappa shape index (κ3) is 4.05. The molecule has 0 bridgehead atoms. The van der Waals surface area contributed by atoms with E-state index < -0.39 is 0 Å². The number of carbonyl (C=O) groups excluding carboxylic acids is 1. The van der Waals surface area contributed by atoms with Crippen LogP contribution in [-0.4, -0.2) is 18.0 Å². The summed E-state index contributed by atoms with van der Waals surface area (Å²) in [5, 5.41) is 4.90. The molecule has 1 heterocycles. The number of carbonyl (C=O) groups is 1. The Bertz CT molecular complexity index is 1520. The number of halogens is 1. The molecule has 1 N–H and O–H groups in total. The van der Waals surface area contributed by atoms with Crippen molar-refractivity contribution in [3.8, 4) is 17.2 Å². The first-order valence-electron chi connectivity index (χ1n) is 11.0. The van der Waals surface area contributed by atoms with Crippen LogP contribution in [-0.2, 0) is 0 Å². The van der Waals surface area contributed by atoms with Crippen molar-refractivity contribution in [3.63, 3.8) is 0 Å². The Morgan fingerprint density at radius 3 is 2.53 bits per heavy atom. The Labute approximate surface area is 205 Å². The van der Waals surface area contributed by atoms with Crippen molar-refractivity contribution in [1.29, 1.82) is 0 Å². The van der Waals surface area contributed by atoms with Gasteiger partial charge in [0.05, 0.1) is 17.1 Å². The lowest BCUT2D eigenvalue weighted by atomic mass is 10.0. The first-order valence-corrected chi connectivity index (χ1v) is 11.8. The number of oxazole rings is 1. The number of hydrogen-bond acceptors (Lipinski definition) is 4. The van der Waals surface area contributed by atoms with Gasteiger partial charge in [-0.05, 0) is 80.6 Å². The van der Waals surface area contributed by atoms with Gasteiger partial charge in [0, 0.05) is 11.3 Å². The minimum Gasteiger partial charge on any atom is -0.495 e. The van der Waals surface area contributed by atoms with Crippen LogP contribution in [0, 0.1) is 0 Å². The monoisotopic (exact) mass is 514 g/mol. The number of methoxy groups -OCH3 is 1. The number of aromatic nitrogens is 1. The van der Waals surface area contributed by atoms with Gasteiger partial charge in [-0.15, -0.1) is 0 Å². The fraction of sp³-hybridized carbons (Fsp3) is 0.143. The van der Waals surface area contributed by atoms with Crippen LogP contribution >= 0.6 is 15.9 Å². The Morgan fingerprint density at radius 1 is 1.03 bits per heavy atom. The number of ether oxygens (including phenoxy) is 1. The Hall–Kier alpha value is -3.64. The van der Waals surface area contributed by atoms with E-state index >= 15 is 0 Å². The van der Waals surface area contributed by atoms with E-state index in [4.69, 9.17) is 9.15 Å². The van der Waals surface area contributed by atoms with Crippen molar-refractivity contribution in [1.82, 2.24) is 4.98 Å². The van der Waals surface area contributed by atoms with Gasteiger partial charge in [-0.25, -0.2) is 4.98 Å². The van der Waals surface area contributed by atoms with Crippen LogP contribution in [0.2, 0.25) is 0 Å². The highest BCUT2D eigenvalue weighted by Crippen LogP contribution is 2.37. The molecule has 5 nitrogen and oxygen atoms in total. The maximum Gasteiger partial charge on any atom is 0.259 e. The smallest absolute Gasteiger partial charge is 0.259 e. The third-order valence-corrected chi connectivity index (χ3v) is 6.65. The van der Waals surface area contributed by atoms with E-state index in [9.17, 15) is 4.79 Å². The molecule has 0 aliphatic rings. The Morgan fingerprint density at radius 2 is 1.79 bits per heavy atom. The van der Waals surface area contributed by atoms with Crippen molar-refractivity contribution >= 4 is 49.4 Å². The van der Waals surface area contributed by atoms with E-state index in [-0.39, 0.29) is 5.91 Å². The molecule has 0 saturated carbocycles. The highest BCUT2D eigenvalue weighted by molar-refractivity contribution is 9.10. The Kier molecular flexibility index (Phi) is 5.84. The molecule has 0 aliphatic heterocycles. The summed E-state index contributed by atoms with van der Waals surface area (Å²) >= 11 is 3.59. The molecule has 0 atom stereocenters. The minimum absolute atomic E-state index is 0.251. The molecular formula is C28H23BrN2O3. The summed E-state index contributed by atoms with van der Waals surface area (Å²) in [4.78, 5) is 17.8. The standard InChI is InChI=1S/C28H23BrN2O3/c1-16(2)18-10-13-24-23(15-18)31-28(34-24)17-8-11-20(12-9-17)30-27(32)22-14-19-6-4-5-7-21(19)25(29)26(22)33-3/h4-16H,1-3H3,(H,30,32). The molecule has 5 aromatic rings. The second-order valence-corrected chi connectivity index (χ2v) is 9.22. The van der Waals surface area contributed by atoms with E-state index in [0.717, 1.165) is 31.9 Å². The number of hydrogen-bond donors (Lipinski definition) is 1. The van der Waals surface area contributed by atoms with Crippen molar-refractivity contribution in [3.05, 3.63) is 88.4 Å². The highest BCUT2D eigenvalue weighted by Gasteiger charge is 2.18. The lowest BCUT2D eigenvalue weighted by Gasteiger charge is -2.13. The molecular weight excluding hydrogens is 492 g/mol. The predicted molar refractivity (Wildman–Crippen MR) is 140 cm³/mol. The molecule has 0 unspecified atom stereocenters. The lowest BCUT2D eigenvalue weighted by Crippen LogP contribution is -2.13. The van der Waals surface area contributed by atoms with Crippen molar-refractivity contribution in [2.45, 2.75) is 19.8 Å². The van der Waals surface area contributed by atoms with Crippen LogP contribution in [0.1, 0.15) is 35.7 Å². The number of nitrogens with zero attached hydrogens (tertiary/aromatic N) is 1. The molecule has 1 amide bonds. The second-order valence-electron chi connectivity index (χ2n) is 8.42. The largest absolute Gasteiger partial charge is 0.495 e. The average molecular weight is 515 g/mol. The van der Waals surface area contributed by atoms with Crippen LogP contribution in [0.25, 0.3) is 33.3 Å². The molecule has 1 aromatic heterocycles. The van der Waals surface area contributed by atoms with Crippen molar-refractivity contribution < 1.29 is 13.9 Å². The zero-order chi connectivity index (χ0) is 23.8. The number of anilines is 1. The molecule has 4 aromatic carbocycles. The third-order valence-electron chi connectivity index (χ3n) is 5.86. The minimum atomic E-state index is -0.251. The van der Waals surface area contributed by atoms with Gasteiger partial charge in [0.2, 0.25) is 5.89 Å². The van der Waals surface area contributed by atoms with Gasteiger partial charge in [0.25, 0.3) is 5.91 Å². The zero-order valence-corrected chi connectivity index (χ0v) is 20.6. The normalized spacial score (nSPS) is 11.3. The maximum atomic E-state index is 13.1. The van der Waals surface area contributed by atoms with Gasteiger partial charge in [-0.2, -0.15) is 0 Å². The van der Waals surface area contributed by atoms with E-state index in [2.05, 4.69) is 52.2 Å². The fourth-order valence-corrected chi connectivity index (χ4v) is 4.71. The van der Waals surface area contributed by atoms with Gasteiger partial charge >= 0.3 is 0 Å². The summed E-state index contributed by atoms with van der Waals surface area (Å²) in [5.74, 6) is 1.22. The first kappa shape index (κ1) is 22.2. The van der Waals surface area contributed by atoms with Gasteiger partial charge in [-0.3, -0.25) is 4.79 Å². The quantitative estimate of drug-likeness (QED) is 0.260. The molecule has 0 aliphatic carbocycles. The van der Waals surface area contributed by atoms with Gasteiger partial charge in [0.1, 0.15) is 11.3 Å². The predicted octanol–water partition coefficient (Wildman–Crippen LogP) is 7.79. The number of amides is 1. The van der Waals surface area contributed by atoms with Crippen LogP contribution in [0.5, 0.6) is 5.75 Å². The fourth-order valence-electron chi connectivity index (χ4n) is 3.97. The topological polar surface area (TPSA) is 64.4 Å². The molecule has 34 heavy (non-hydrogen) atoms. The summed E-state index contributed by atoms with van der Waals surface area (Å²) in [6.45, 7) is 4.31. The van der Waals surface area contributed by atoms with Crippen LogP contribution in [0.4, 0.5) is 5.69 Å². The van der Waals surface area contributed by atoms with Crippen molar-refractivity contribution in [2.75, 3.05) is 12.4 Å². The summed E-state index contributed by atoms with van der Waals surface area (Å²) in [7, 11) is 1.56. The van der Waals surface area contributed by atoms with Gasteiger partial charge in [0.15, 0.2) is 5.58 Å². The lowest BCUT2D eigenvalue weighted by molar-refractivity contribution is 0.102.